The Morgan fingerprint density at radius 2 is 1.93 bits per heavy atom. The average Bonchev–Trinajstić information content (AvgIpc) is 3.72. The highest BCUT2D eigenvalue weighted by atomic mass is 16.7. The third kappa shape index (κ3) is 6.58. The molecule has 1 unspecified atom stereocenters. The highest BCUT2D eigenvalue weighted by Crippen LogP contribution is 2.37. The van der Waals surface area contributed by atoms with E-state index in [2.05, 4.69) is 21.3 Å². The molecule has 11 atom stereocenters. The van der Waals surface area contributed by atoms with Gasteiger partial charge in [-0.2, -0.15) is 0 Å². The van der Waals surface area contributed by atoms with Crippen LogP contribution in [0.1, 0.15) is 32.6 Å². The number of hydrogen-bond acceptors (Lipinski definition) is 13. The number of aliphatic hydroxyl groups excluding tert-OH is 2. The number of amides is 1. The molecule has 14 heteroatoms. The van der Waals surface area contributed by atoms with E-state index in [9.17, 15) is 25.2 Å². The molecule has 4 fully saturated rings. The van der Waals surface area contributed by atoms with Crippen molar-refractivity contribution in [1.82, 2.24) is 21.3 Å². The zero-order valence-corrected chi connectivity index (χ0v) is 23.9. The summed E-state index contributed by atoms with van der Waals surface area (Å²) in [5, 5.41) is 56.1. The topological polar surface area (TPSA) is 226 Å². The van der Waals surface area contributed by atoms with E-state index in [0.717, 1.165) is 12.3 Å². The first-order chi connectivity index (χ1) is 19.4. The van der Waals surface area contributed by atoms with Crippen molar-refractivity contribution in [1.29, 1.82) is 0 Å². The van der Waals surface area contributed by atoms with Gasteiger partial charge < -0.3 is 67.4 Å². The van der Waals surface area contributed by atoms with Crippen LogP contribution in [0, 0.1) is 11.8 Å². The minimum Gasteiger partial charge on any atom is -0.492 e. The first kappa shape index (κ1) is 31.0. The predicted molar refractivity (Wildman–Crippen MR) is 147 cm³/mol. The van der Waals surface area contributed by atoms with E-state index in [1.807, 2.05) is 6.08 Å². The number of nitrogens with two attached hydrogens (primary N) is 2. The second-order valence-electron chi connectivity index (χ2n) is 12.8. The van der Waals surface area contributed by atoms with E-state index in [4.69, 9.17) is 25.7 Å². The van der Waals surface area contributed by atoms with E-state index >= 15 is 0 Å². The van der Waals surface area contributed by atoms with Crippen LogP contribution >= 0.6 is 0 Å². The Bertz CT molecular complexity index is 962. The molecule has 12 N–H and O–H groups in total. The summed E-state index contributed by atoms with van der Waals surface area (Å²) in [4.78, 5) is 13.0. The molecule has 14 nitrogen and oxygen atoms in total. The number of ether oxygens (including phenoxy) is 3. The SMILES string of the molecule is CN[C@@H]1[C@@H](O)[C@@H](O[C@@H]2[C@@H](O)[C@H](C3OC(CNCC4CC4)=CC[C@H]3N)[C@@H](N)C[C@H]2NC(=O)C2(O)CNC2)OC[C@]1(C)O. The molecule has 0 radical (unpaired) electrons. The lowest BCUT2D eigenvalue weighted by atomic mass is 9.72. The monoisotopic (exact) mass is 584 g/mol. The van der Waals surface area contributed by atoms with Crippen molar-refractivity contribution in [2.45, 2.75) is 98.7 Å². The van der Waals surface area contributed by atoms with Gasteiger partial charge in [-0.3, -0.25) is 4.79 Å². The van der Waals surface area contributed by atoms with Gasteiger partial charge in [0.2, 0.25) is 0 Å². The van der Waals surface area contributed by atoms with Gasteiger partial charge >= 0.3 is 0 Å². The number of likely N-dealkylation sites (N-methyl/N-ethyl adjacent to an activating group) is 1. The molecule has 2 aliphatic carbocycles. The lowest BCUT2D eigenvalue weighted by Gasteiger charge is -2.51. The molecule has 234 valence electrons. The Balaban J connectivity index is 1.34. The fourth-order valence-corrected chi connectivity index (χ4v) is 6.51. The number of carbonyl (C=O) groups excluding carboxylic acids is 1. The Labute approximate surface area is 240 Å². The zero-order chi connectivity index (χ0) is 29.5. The standard InChI is InChI=1S/C27H48N6O8/c1-26(37)12-39-24(20(35)23(26)30-2)41-22-17(33-25(36)27(38)10-32-11-27)7-16(29)18(19(22)34)21-15(28)6-5-14(40-21)9-31-8-13-3-4-13/h5,13,15-24,30-32,34-35,37-38H,3-4,6-12,28-29H2,1-2H3,(H,33,36)/t15-,16+,17-,18-,19+,20-,21?,22+,23-,24-,26+/m1/s1. The number of carbonyl (C=O) groups is 1. The molecule has 0 aromatic carbocycles. The summed E-state index contributed by atoms with van der Waals surface area (Å²) >= 11 is 0. The summed E-state index contributed by atoms with van der Waals surface area (Å²) in [6, 6.07) is -2.64. The molecule has 1 amide bonds. The van der Waals surface area contributed by atoms with Crippen LogP contribution < -0.4 is 32.7 Å². The minimum absolute atomic E-state index is 0.104. The van der Waals surface area contributed by atoms with Crippen molar-refractivity contribution in [2.24, 2.45) is 23.3 Å². The Kier molecular flexibility index (Phi) is 9.29. The van der Waals surface area contributed by atoms with Crippen LogP contribution in [0.4, 0.5) is 0 Å². The normalized spacial score (nSPS) is 44.3. The maximum absolute atomic E-state index is 13.0. The quantitative estimate of drug-likeness (QED) is 0.118. The molecule has 2 saturated carbocycles. The fraction of sp³-hybridized carbons (Fsp3) is 0.889. The number of nitrogens with one attached hydrogen (secondary N) is 4. The second kappa shape index (κ2) is 12.3. The van der Waals surface area contributed by atoms with E-state index in [0.29, 0.717) is 18.9 Å². The molecule has 41 heavy (non-hydrogen) atoms. The number of hydrogen-bond donors (Lipinski definition) is 10. The van der Waals surface area contributed by atoms with Crippen LogP contribution in [0.15, 0.2) is 11.8 Å². The summed E-state index contributed by atoms with van der Waals surface area (Å²) in [6.07, 6.45) is -0.293. The average molecular weight is 585 g/mol. The smallest absolute Gasteiger partial charge is 0.254 e. The van der Waals surface area contributed by atoms with Crippen molar-refractivity contribution in [3.05, 3.63) is 11.8 Å². The van der Waals surface area contributed by atoms with Crippen molar-refractivity contribution in [2.75, 3.05) is 39.8 Å². The number of aliphatic hydroxyl groups is 4. The molecule has 2 saturated heterocycles. The van der Waals surface area contributed by atoms with Crippen molar-refractivity contribution < 1.29 is 39.4 Å². The zero-order valence-electron chi connectivity index (χ0n) is 23.9. The van der Waals surface area contributed by atoms with Crippen LogP contribution in [-0.2, 0) is 19.0 Å². The summed E-state index contributed by atoms with van der Waals surface area (Å²) in [7, 11) is 1.61. The third-order valence-corrected chi connectivity index (χ3v) is 9.29. The fourth-order valence-electron chi connectivity index (χ4n) is 6.51. The van der Waals surface area contributed by atoms with Gasteiger partial charge in [-0.15, -0.1) is 0 Å². The molecule has 0 bridgehead atoms. The Hall–Kier alpha value is -1.43. The molecular formula is C27H48N6O8. The van der Waals surface area contributed by atoms with E-state index in [-0.39, 0.29) is 26.1 Å². The van der Waals surface area contributed by atoms with Crippen LogP contribution in [0.5, 0.6) is 0 Å². The summed E-state index contributed by atoms with van der Waals surface area (Å²) < 4.78 is 18.2. The highest BCUT2D eigenvalue weighted by Gasteiger charge is 2.54. The molecule has 3 heterocycles. The molecule has 5 rings (SSSR count). The first-order valence-corrected chi connectivity index (χ1v) is 14.8. The third-order valence-electron chi connectivity index (χ3n) is 9.29. The van der Waals surface area contributed by atoms with Crippen molar-refractivity contribution in [3.63, 3.8) is 0 Å². The van der Waals surface area contributed by atoms with Crippen LogP contribution in [-0.4, -0.2) is 132 Å². The van der Waals surface area contributed by atoms with Crippen LogP contribution in [0.2, 0.25) is 0 Å². The predicted octanol–water partition coefficient (Wildman–Crippen LogP) is -4.05. The molecule has 3 aliphatic heterocycles. The van der Waals surface area contributed by atoms with Gasteiger partial charge in [0, 0.05) is 31.1 Å². The second-order valence-corrected chi connectivity index (χ2v) is 12.8. The van der Waals surface area contributed by atoms with E-state index in [1.54, 1.807) is 14.0 Å². The lowest BCUT2D eigenvalue weighted by molar-refractivity contribution is -0.297. The number of rotatable bonds is 10. The summed E-state index contributed by atoms with van der Waals surface area (Å²) in [5.74, 6) is 0.196. The van der Waals surface area contributed by atoms with E-state index < -0.39 is 77.9 Å². The largest absolute Gasteiger partial charge is 0.492 e. The van der Waals surface area contributed by atoms with Gasteiger partial charge in [0.25, 0.3) is 5.91 Å². The van der Waals surface area contributed by atoms with E-state index in [1.165, 1.54) is 12.8 Å². The van der Waals surface area contributed by atoms with Gasteiger partial charge in [0.1, 0.15) is 29.7 Å². The Morgan fingerprint density at radius 1 is 1.20 bits per heavy atom. The molecule has 0 aromatic rings. The number of β-amino-alcohol motifs (C(OH)–C–C–N with tert-alkyl or cyclic N) is 1. The van der Waals surface area contributed by atoms with Gasteiger partial charge in [-0.1, -0.05) is 0 Å². The first-order valence-electron chi connectivity index (χ1n) is 14.8. The van der Waals surface area contributed by atoms with Crippen molar-refractivity contribution >= 4 is 5.91 Å². The van der Waals surface area contributed by atoms with Gasteiger partial charge in [0.05, 0.1) is 31.3 Å². The molecular weight excluding hydrogens is 536 g/mol. The maximum atomic E-state index is 13.0. The van der Waals surface area contributed by atoms with Gasteiger partial charge in [-0.05, 0) is 58.2 Å². The lowest BCUT2D eigenvalue weighted by Crippen LogP contribution is -2.72. The molecule has 0 aromatic heterocycles. The highest BCUT2D eigenvalue weighted by molar-refractivity contribution is 5.87. The van der Waals surface area contributed by atoms with Gasteiger partial charge in [0.15, 0.2) is 11.9 Å². The van der Waals surface area contributed by atoms with Crippen molar-refractivity contribution in [3.8, 4) is 0 Å². The van der Waals surface area contributed by atoms with Crippen LogP contribution in [0.3, 0.4) is 0 Å². The molecule has 5 aliphatic rings. The summed E-state index contributed by atoms with van der Waals surface area (Å²) in [6.45, 7) is 3.09. The molecule has 0 spiro atoms. The minimum atomic E-state index is -1.57. The van der Waals surface area contributed by atoms with Crippen LogP contribution in [0.25, 0.3) is 0 Å². The maximum Gasteiger partial charge on any atom is 0.254 e. The summed E-state index contributed by atoms with van der Waals surface area (Å²) in [5.41, 5.74) is 10.2. The Morgan fingerprint density at radius 3 is 2.56 bits per heavy atom. The van der Waals surface area contributed by atoms with Gasteiger partial charge in [-0.25, -0.2) is 0 Å².